The molecular weight excluding hydrogens is 729 g/mol. The first-order valence-electron chi connectivity index (χ1n) is 18.6. The minimum absolute atomic E-state index is 0.127. The zero-order chi connectivity index (χ0) is 37.9. The predicted octanol–water partition coefficient (Wildman–Crippen LogP) is 6.67. The maximum atomic E-state index is 14.2. The number of halogens is 2. The van der Waals surface area contributed by atoms with Crippen molar-refractivity contribution >= 4 is 47.2 Å². The predicted molar refractivity (Wildman–Crippen MR) is 206 cm³/mol. The van der Waals surface area contributed by atoms with Crippen LogP contribution in [-0.2, 0) is 20.4 Å². The smallest absolute Gasteiger partial charge is 0.322 e. The minimum atomic E-state index is -0.916. The molecule has 4 aliphatic heterocycles. The fourth-order valence-electron chi connectivity index (χ4n) is 8.56. The number of carboxylic acids is 1. The summed E-state index contributed by atoms with van der Waals surface area (Å²) in [6.07, 6.45) is 6.46. The maximum Gasteiger partial charge on any atom is 0.322 e. The number of hydrogen-bond donors (Lipinski definition) is 2. The highest BCUT2D eigenvalue weighted by Gasteiger charge is 2.46. The van der Waals surface area contributed by atoms with Crippen molar-refractivity contribution in [3.05, 3.63) is 99.0 Å². The van der Waals surface area contributed by atoms with Crippen LogP contribution in [0.3, 0.4) is 0 Å². The van der Waals surface area contributed by atoms with Crippen molar-refractivity contribution in [2.75, 3.05) is 46.4 Å². The summed E-state index contributed by atoms with van der Waals surface area (Å²) in [6, 6.07) is 20.0. The Bertz CT molecular complexity index is 1920. The number of ether oxygens (including phenoxy) is 1. The normalized spacial score (nSPS) is 24.1. The molecule has 3 aromatic rings. The molecule has 54 heavy (non-hydrogen) atoms. The Morgan fingerprint density at radius 1 is 0.926 bits per heavy atom. The standard InChI is InChI=1S/C40H45Cl2N7O5/c1-54-35-13-10-27(33-25-43-46-44-33)23-30(35)36(50)48-22-15-39(26-48,29-11-12-31(41)32(42)24-29)14-19-47-20-16-40(17-21-47,28-7-3-2-4-8-28)38(53)45-49-18-6-5-9-34(49)37(51)52/h2-4,7-8,10-13,23-25,33-34H,5-6,9,14-22,26H2,1H3,(H,45,53)(H,51,52). The molecule has 2 amide bonds. The number of hydrazine groups is 1. The number of hydrogen-bond acceptors (Lipinski definition) is 9. The molecule has 14 heteroatoms. The summed E-state index contributed by atoms with van der Waals surface area (Å²) in [5, 5.41) is 24.2. The van der Waals surface area contributed by atoms with Crippen LogP contribution in [0.4, 0.5) is 0 Å². The number of methoxy groups -OCH3 is 1. The van der Waals surface area contributed by atoms with Gasteiger partial charge in [-0.25, -0.2) is 5.01 Å². The van der Waals surface area contributed by atoms with Crippen molar-refractivity contribution in [3.63, 3.8) is 0 Å². The summed E-state index contributed by atoms with van der Waals surface area (Å²) in [6.45, 7) is 3.63. The second kappa shape index (κ2) is 16.2. The van der Waals surface area contributed by atoms with Gasteiger partial charge in [0.15, 0.2) is 0 Å². The second-order valence-electron chi connectivity index (χ2n) is 14.8. The molecule has 284 valence electrons. The van der Waals surface area contributed by atoms with E-state index in [1.807, 2.05) is 65.6 Å². The Hall–Kier alpha value is -4.36. The van der Waals surface area contributed by atoms with Gasteiger partial charge in [-0.15, -0.1) is 5.10 Å². The van der Waals surface area contributed by atoms with Crippen LogP contribution in [0.2, 0.25) is 10.0 Å². The van der Waals surface area contributed by atoms with Crippen LogP contribution in [0.1, 0.15) is 78.0 Å². The lowest BCUT2D eigenvalue weighted by atomic mass is 9.71. The third kappa shape index (κ3) is 7.62. The van der Waals surface area contributed by atoms with E-state index in [1.165, 1.54) is 0 Å². The summed E-state index contributed by atoms with van der Waals surface area (Å²) in [5.74, 6) is -0.708. The van der Waals surface area contributed by atoms with Gasteiger partial charge in [0.1, 0.15) is 17.8 Å². The van der Waals surface area contributed by atoms with Gasteiger partial charge in [0, 0.05) is 25.0 Å². The maximum absolute atomic E-state index is 14.2. The number of carbonyl (C=O) groups is 3. The van der Waals surface area contributed by atoms with Crippen molar-refractivity contribution in [1.29, 1.82) is 0 Å². The molecule has 0 aromatic heterocycles. The van der Waals surface area contributed by atoms with Crippen molar-refractivity contribution in [1.82, 2.24) is 20.2 Å². The number of carbonyl (C=O) groups excluding carboxylic acids is 2. The van der Waals surface area contributed by atoms with Crippen LogP contribution in [-0.4, -0.2) is 96.3 Å². The average Bonchev–Trinajstić information content (AvgIpc) is 3.90. The fourth-order valence-corrected chi connectivity index (χ4v) is 8.86. The largest absolute Gasteiger partial charge is 0.496 e. The van der Waals surface area contributed by atoms with Gasteiger partial charge in [-0.05, 0) is 111 Å². The number of aliphatic carboxylic acids is 1. The summed E-state index contributed by atoms with van der Waals surface area (Å²) in [4.78, 5) is 44.8. The van der Waals surface area contributed by atoms with E-state index in [1.54, 1.807) is 24.4 Å². The molecule has 3 fully saturated rings. The van der Waals surface area contributed by atoms with Gasteiger partial charge in [0.25, 0.3) is 5.91 Å². The first kappa shape index (κ1) is 37.9. The molecule has 0 saturated carbocycles. The molecule has 3 unspecified atom stereocenters. The number of amides is 2. The number of benzene rings is 3. The quantitative estimate of drug-likeness (QED) is 0.222. The number of nitrogens with zero attached hydrogens (tertiary/aromatic N) is 6. The molecule has 3 aromatic carbocycles. The third-order valence-corrected chi connectivity index (χ3v) is 12.6. The number of likely N-dealkylation sites (tertiary alicyclic amines) is 2. The highest BCUT2D eigenvalue weighted by Crippen LogP contribution is 2.43. The van der Waals surface area contributed by atoms with Gasteiger partial charge in [-0.3, -0.25) is 19.8 Å². The molecule has 7 rings (SSSR count). The monoisotopic (exact) mass is 773 g/mol. The van der Waals surface area contributed by atoms with Gasteiger partial charge < -0.3 is 19.6 Å². The van der Waals surface area contributed by atoms with E-state index in [2.05, 4.69) is 25.8 Å². The van der Waals surface area contributed by atoms with E-state index in [9.17, 15) is 19.5 Å². The van der Waals surface area contributed by atoms with E-state index in [-0.39, 0.29) is 17.9 Å². The van der Waals surface area contributed by atoms with Crippen LogP contribution in [0.5, 0.6) is 5.75 Å². The Labute approximate surface area is 325 Å². The zero-order valence-electron chi connectivity index (χ0n) is 30.3. The van der Waals surface area contributed by atoms with Crippen molar-refractivity contribution < 1.29 is 24.2 Å². The molecule has 12 nitrogen and oxygen atoms in total. The molecule has 3 saturated heterocycles. The van der Waals surface area contributed by atoms with Crippen LogP contribution in [0.15, 0.2) is 82.2 Å². The lowest BCUT2D eigenvalue weighted by Crippen LogP contribution is -2.60. The lowest BCUT2D eigenvalue weighted by molar-refractivity contribution is -0.149. The topological polar surface area (TPSA) is 140 Å². The van der Waals surface area contributed by atoms with Gasteiger partial charge in [-0.1, -0.05) is 65.7 Å². The average molecular weight is 775 g/mol. The first-order valence-corrected chi connectivity index (χ1v) is 19.3. The van der Waals surface area contributed by atoms with Gasteiger partial charge in [0.05, 0.1) is 34.3 Å². The van der Waals surface area contributed by atoms with E-state index in [4.69, 9.17) is 27.9 Å². The molecular formula is C40H45Cl2N7O5. The van der Waals surface area contributed by atoms with Gasteiger partial charge in [-0.2, -0.15) is 5.11 Å². The third-order valence-electron chi connectivity index (χ3n) is 11.8. The number of carboxylic acid groups (broad SMARTS) is 1. The Balaban J connectivity index is 1.09. The van der Waals surface area contributed by atoms with Crippen LogP contribution in [0, 0.1) is 0 Å². The van der Waals surface area contributed by atoms with Crippen molar-refractivity contribution in [2.45, 2.75) is 67.9 Å². The molecule has 4 heterocycles. The number of rotatable bonds is 11. The minimum Gasteiger partial charge on any atom is -0.496 e. The molecule has 4 aliphatic rings. The first-order chi connectivity index (χ1) is 26.1. The lowest BCUT2D eigenvalue weighted by Gasteiger charge is -2.44. The molecule has 3 atom stereocenters. The van der Waals surface area contributed by atoms with Crippen LogP contribution < -0.4 is 10.2 Å². The zero-order valence-corrected chi connectivity index (χ0v) is 31.8. The van der Waals surface area contributed by atoms with Gasteiger partial charge in [0.2, 0.25) is 5.91 Å². The second-order valence-corrected chi connectivity index (χ2v) is 15.6. The Morgan fingerprint density at radius 3 is 2.43 bits per heavy atom. The van der Waals surface area contributed by atoms with E-state index >= 15 is 0 Å². The Morgan fingerprint density at radius 2 is 1.72 bits per heavy atom. The van der Waals surface area contributed by atoms with Crippen molar-refractivity contribution in [2.24, 2.45) is 15.4 Å². The van der Waals surface area contributed by atoms with E-state index in [0.29, 0.717) is 73.3 Å². The van der Waals surface area contributed by atoms with E-state index < -0.39 is 22.8 Å². The number of piperidine rings is 2. The van der Waals surface area contributed by atoms with Crippen molar-refractivity contribution in [3.8, 4) is 5.75 Å². The van der Waals surface area contributed by atoms with E-state index in [0.717, 1.165) is 48.9 Å². The molecule has 0 aliphatic carbocycles. The van der Waals surface area contributed by atoms with Gasteiger partial charge >= 0.3 is 5.97 Å². The molecule has 0 spiro atoms. The molecule has 0 bridgehead atoms. The molecule has 0 radical (unpaired) electrons. The highest BCUT2D eigenvalue weighted by atomic mass is 35.5. The number of nitrogens with one attached hydrogen (secondary N) is 1. The van der Waals surface area contributed by atoms with Crippen LogP contribution in [0.25, 0.3) is 0 Å². The summed E-state index contributed by atoms with van der Waals surface area (Å²) < 4.78 is 5.63. The Kier molecular flexibility index (Phi) is 11.4. The fraction of sp³-hybridized carbons (Fsp3) is 0.450. The summed E-state index contributed by atoms with van der Waals surface area (Å²) in [5.41, 5.74) is 5.09. The summed E-state index contributed by atoms with van der Waals surface area (Å²) in [7, 11) is 1.56. The molecule has 2 N–H and O–H groups in total. The summed E-state index contributed by atoms with van der Waals surface area (Å²) >= 11 is 13.0. The highest BCUT2D eigenvalue weighted by molar-refractivity contribution is 6.42. The SMILES string of the molecule is COc1ccc(C2C=NN=N2)cc1C(=O)N1CCC(CCN2CCC(C(=O)NN3CCCCC3C(=O)O)(c3ccccc3)CC2)(c2ccc(Cl)c(Cl)c2)C1. The van der Waals surface area contributed by atoms with Crippen LogP contribution >= 0.6 is 23.2 Å².